The molecule has 0 radical (unpaired) electrons. The standard InChI is InChI=1S/C20H19NO3/c1-14-9-10-16-17(21-11-5-8-20(22)23)13-18(24-19(16)12-14)15-6-3-2-4-7-15/h2-4,6-7,9-10,12-13H,5,8,11H2,1H3,(H,22,23). The molecular weight excluding hydrogens is 302 g/mol. The molecule has 1 heterocycles. The van der Waals surface area contributed by atoms with Gasteiger partial charge in [-0.25, -0.2) is 0 Å². The van der Waals surface area contributed by atoms with Gasteiger partial charge in [-0.2, -0.15) is 0 Å². The lowest BCUT2D eigenvalue weighted by Crippen LogP contribution is -2.06. The van der Waals surface area contributed by atoms with E-state index in [1.54, 1.807) is 0 Å². The molecule has 0 unspecified atom stereocenters. The van der Waals surface area contributed by atoms with Crippen LogP contribution in [0.15, 0.2) is 64.0 Å². The zero-order valence-corrected chi connectivity index (χ0v) is 13.5. The van der Waals surface area contributed by atoms with E-state index < -0.39 is 5.97 Å². The van der Waals surface area contributed by atoms with Crippen LogP contribution in [0.5, 0.6) is 0 Å². The van der Waals surface area contributed by atoms with E-state index in [9.17, 15) is 4.79 Å². The monoisotopic (exact) mass is 321 g/mol. The van der Waals surface area contributed by atoms with Gasteiger partial charge in [0.25, 0.3) is 0 Å². The molecule has 0 spiro atoms. The third-order valence-corrected chi connectivity index (χ3v) is 3.79. The third-order valence-electron chi connectivity index (χ3n) is 3.79. The minimum atomic E-state index is -0.793. The van der Waals surface area contributed by atoms with Gasteiger partial charge in [-0.15, -0.1) is 0 Å². The fraction of sp³-hybridized carbons (Fsp3) is 0.200. The second kappa shape index (κ2) is 7.13. The van der Waals surface area contributed by atoms with Crippen LogP contribution in [0, 0.1) is 6.92 Å². The fourth-order valence-corrected chi connectivity index (χ4v) is 2.58. The van der Waals surface area contributed by atoms with Gasteiger partial charge < -0.3 is 9.52 Å². The normalized spacial score (nSPS) is 11.8. The Morgan fingerprint density at radius 2 is 1.92 bits per heavy atom. The molecule has 0 aliphatic carbocycles. The smallest absolute Gasteiger partial charge is 0.303 e. The average molecular weight is 321 g/mol. The summed E-state index contributed by atoms with van der Waals surface area (Å²) in [6, 6.07) is 17.8. The molecule has 0 saturated carbocycles. The van der Waals surface area contributed by atoms with Crippen molar-refractivity contribution in [3.05, 3.63) is 65.5 Å². The largest absolute Gasteiger partial charge is 0.481 e. The predicted octanol–water partition coefficient (Wildman–Crippen LogP) is 4.17. The van der Waals surface area contributed by atoms with Crippen molar-refractivity contribution in [3.63, 3.8) is 0 Å². The molecule has 0 saturated heterocycles. The van der Waals surface area contributed by atoms with E-state index in [4.69, 9.17) is 9.52 Å². The van der Waals surface area contributed by atoms with Crippen molar-refractivity contribution in [3.8, 4) is 11.3 Å². The summed E-state index contributed by atoms with van der Waals surface area (Å²) < 4.78 is 6.06. The van der Waals surface area contributed by atoms with Crippen LogP contribution in [0.25, 0.3) is 22.3 Å². The van der Waals surface area contributed by atoms with Gasteiger partial charge in [0.2, 0.25) is 0 Å². The Hall–Kier alpha value is -2.88. The van der Waals surface area contributed by atoms with Crippen LogP contribution in [0.4, 0.5) is 0 Å². The van der Waals surface area contributed by atoms with Gasteiger partial charge in [0.05, 0.1) is 5.36 Å². The van der Waals surface area contributed by atoms with Crippen LogP contribution in [-0.4, -0.2) is 17.6 Å². The number of rotatable bonds is 5. The molecule has 4 heteroatoms. The first kappa shape index (κ1) is 16.0. The molecule has 122 valence electrons. The second-order valence-corrected chi connectivity index (χ2v) is 5.74. The maximum absolute atomic E-state index is 10.6. The average Bonchev–Trinajstić information content (AvgIpc) is 2.58. The first-order chi connectivity index (χ1) is 11.6. The number of carboxylic acid groups (broad SMARTS) is 1. The van der Waals surface area contributed by atoms with Crippen molar-refractivity contribution in [2.45, 2.75) is 19.8 Å². The zero-order valence-electron chi connectivity index (χ0n) is 13.5. The van der Waals surface area contributed by atoms with E-state index in [0.29, 0.717) is 13.0 Å². The molecule has 0 aliphatic rings. The third kappa shape index (κ3) is 3.71. The molecule has 0 fully saturated rings. The summed E-state index contributed by atoms with van der Waals surface area (Å²) >= 11 is 0. The second-order valence-electron chi connectivity index (χ2n) is 5.74. The van der Waals surface area contributed by atoms with E-state index in [-0.39, 0.29) is 6.42 Å². The molecule has 1 aromatic heterocycles. The number of carbonyl (C=O) groups is 1. The molecule has 0 atom stereocenters. The number of aliphatic carboxylic acids is 1. The number of nitrogens with zero attached hydrogens (tertiary/aromatic N) is 1. The van der Waals surface area contributed by atoms with Gasteiger partial charge in [-0.1, -0.05) is 36.4 Å². The van der Waals surface area contributed by atoms with E-state index >= 15 is 0 Å². The van der Waals surface area contributed by atoms with Crippen LogP contribution in [-0.2, 0) is 4.79 Å². The van der Waals surface area contributed by atoms with E-state index in [2.05, 4.69) is 4.99 Å². The summed E-state index contributed by atoms with van der Waals surface area (Å²) in [5, 5.41) is 10.5. The Morgan fingerprint density at radius 1 is 1.12 bits per heavy atom. The molecule has 24 heavy (non-hydrogen) atoms. The van der Waals surface area contributed by atoms with Crippen LogP contribution in [0.3, 0.4) is 0 Å². The minimum Gasteiger partial charge on any atom is -0.481 e. The Morgan fingerprint density at radius 3 is 2.67 bits per heavy atom. The molecule has 3 rings (SSSR count). The van der Waals surface area contributed by atoms with Crippen molar-refractivity contribution >= 4 is 16.9 Å². The van der Waals surface area contributed by atoms with E-state index in [1.165, 1.54) is 0 Å². The quantitative estimate of drug-likeness (QED) is 0.717. The van der Waals surface area contributed by atoms with Crippen molar-refractivity contribution in [1.29, 1.82) is 0 Å². The van der Waals surface area contributed by atoms with E-state index in [0.717, 1.165) is 33.2 Å². The number of fused-ring (bicyclic) bond motifs is 1. The SMILES string of the molecule is Cc1ccc2c(=NCCCC(=O)O)cc(-c3ccccc3)oc2c1. The molecular formula is C20H19NO3. The Bertz CT molecular complexity index is 927. The molecule has 0 aliphatic heterocycles. The molecule has 0 bridgehead atoms. The topological polar surface area (TPSA) is 62.8 Å². The highest BCUT2D eigenvalue weighted by Crippen LogP contribution is 2.22. The van der Waals surface area contributed by atoms with Gasteiger partial charge in [-0.05, 0) is 31.0 Å². The lowest BCUT2D eigenvalue weighted by molar-refractivity contribution is -0.137. The van der Waals surface area contributed by atoms with Crippen LogP contribution >= 0.6 is 0 Å². The first-order valence-electron chi connectivity index (χ1n) is 7.96. The number of hydrogen-bond acceptors (Lipinski definition) is 3. The van der Waals surface area contributed by atoms with Crippen LogP contribution in [0.2, 0.25) is 0 Å². The van der Waals surface area contributed by atoms with Gasteiger partial charge in [0.15, 0.2) is 0 Å². The fourth-order valence-electron chi connectivity index (χ4n) is 2.58. The number of benzene rings is 2. The zero-order chi connectivity index (χ0) is 16.9. The highest BCUT2D eigenvalue weighted by Gasteiger charge is 2.06. The summed E-state index contributed by atoms with van der Waals surface area (Å²) in [5.41, 5.74) is 2.89. The summed E-state index contributed by atoms with van der Waals surface area (Å²) in [6.45, 7) is 2.50. The highest BCUT2D eigenvalue weighted by molar-refractivity contribution is 5.79. The maximum atomic E-state index is 10.6. The summed E-state index contributed by atoms with van der Waals surface area (Å²) in [6.07, 6.45) is 0.651. The van der Waals surface area contributed by atoms with Crippen molar-refractivity contribution < 1.29 is 14.3 Å². The predicted molar refractivity (Wildman–Crippen MR) is 93.7 cm³/mol. The maximum Gasteiger partial charge on any atom is 0.303 e. The van der Waals surface area contributed by atoms with Gasteiger partial charge in [0, 0.05) is 30.0 Å². The first-order valence-corrected chi connectivity index (χ1v) is 7.96. The molecule has 1 N–H and O–H groups in total. The summed E-state index contributed by atoms with van der Waals surface area (Å²) in [5.74, 6) is -0.0376. The summed E-state index contributed by atoms with van der Waals surface area (Å²) in [7, 11) is 0. The van der Waals surface area contributed by atoms with Crippen LogP contribution in [0.1, 0.15) is 18.4 Å². The minimum absolute atomic E-state index is 0.128. The van der Waals surface area contributed by atoms with Gasteiger partial charge in [-0.3, -0.25) is 9.79 Å². The Balaban J connectivity index is 2.08. The van der Waals surface area contributed by atoms with Gasteiger partial charge in [0.1, 0.15) is 11.3 Å². The molecule has 3 aromatic rings. The number of carboxylic acids is 1. The Kier molecular flexibility index (Phi) is 4.75. The van der Waals surface area contributed by atoms with Crippen LogP contribution < -0.4 is 5.36 Å². The van der Waals surface area contributed by atoms with Crippen molar-refractivity contribution in [2.24, 2.45) is 4.99 Å². The molecule has 0 amide bonds. The lowest BCUT2D eigenvalue weighted by Gasteiger charge is -2.06. The Labute approximate surface area is 140 Å². The van der Waals surface area contributed by atoms with Crippen molar-refractivity contribution in [1.82, 2.24) is 0 Å². The van der Waals surface area contributed by atoms with E-state index in [1.807, 2.05) is 61.5 Å². The molecule has 4 nitrogen and oxygen atoms in total. The lowest BCUT2D eigenvalue weighted by atomic mass is 10.1. The summed E-state index contributed by atoms with van der Waals surface area (Å²) in [4.78, 5) is 15.2. The highest BCUT2D eigenvalue weighted by atomic mass is 16.4. The number of hydrogen-bond donors (Lipinski definition) is 1. The van der Waals surface area contributed by atoms with Crippen molar-refractivity contribution in [2.75, 3.05) is 6.54 Å². The molecule has 2 aromatic carbocycles. The number of aryl methyl sites for hydroxylation is 1. The van der Waals surface area contributed by atoms with Gasteiger partial charge >= 0.3 is 5.97 Å².